The van der Waals surface area contributed by atoms with Gasteiger partial charge in [0.05, 0.1) is 5.75 Å². The number of primary amides is 1. The molecule has 6 nitrogen and oxygen atoms in total. The largest absolute Gasteiger partial charge is 0.480 e. The molecular weight excluding hydrogens is 316 g/mol. The zero-order valence-electron chi connectivity index (χ0n) is 11.0. The van der Waals surface area contributed by atoms with E-state index in [0.717, 1.165) is 4.90 Å². The average Bonchev–Trinajstić information content (AvgIpc) is 2.42. The van der Waals surface area contributed by atoms with Gasteiger partial charge in [-0.15, -0.1) is 11.8 Å². The topological polar surface area (TPSA) is 109 Å². The van der Waals surface area contributed by atoms with Crippen molar-refractivity contribution >= 4 is 41.1 Å². The number of thioether (sulfide) groups is 1. The first-order valence-electron chi connectivity index (χ1n) is 6.07. The van der Waals surface area contributed by atoms with Crippen molar-refractivity contribution in [1.29, 1.82) is 0 Å². The maximum absolute atomic E-state index is 11.7. The van der Waals surface area contributed by atoms with Gasteiger partial charge in [-0.25, -0.2) is 4.79 Å². The first-order valence-corrected chi connectivity index (χ1v) is 7.43. The Bertz CT molecular complexity index is 521. The predicted octanol–water partition coefficient (Wildman–Crippen LogP) is 1.27. The van der Waals surface area contributed by atoms with Crippen LogP contribution in [0.4, 0.5) is 0 Å². The van der Waals surface area contributed by atoms with Gasteiger partial charge in [-0.05, 0) is 30.7 Å². The highest BCUT2D eigenvalue weighted by atomic mass is 35.5. The van der Waals surface area contributed by atoms with Crippen molar-refractivity contribution in [3.63, 3.8) is 0 Å². The maximum atomic E-state index is 11.7. The van der Waals surface area contributed by atoms with E-state index >= 15 is 0 Å². The zero-order chi connectivity index (χ0) is 15.8. The summed E-state index contributed by atoms with van der Waals surface area (Å²) in [6.45, 7) is 0. The van der Waals surface area contributed by atoms with E-state index < -0.39 is 23.8 Å². The summed E-state index contributed by atoms with van der Waals surface area (Å²) in [5.41, 5.74) is 4.96. The molecule has 0 aliphatic heterocycles. The van der Waals surface area contributed by atoms with Gasteiger partial charge in [-0.3, -0.25) is 9.59 Å². The van der Waals surface area contributed by atoms with Crippen LogP contribution in [-0.2, 0) is 14.4 Å². The minimum atomic E-state index is -1.19. The van der Waals surface area contributed by atoms with Gasteiger partial charge in [-0.1, -0.05) is 11.6 Å². The van der Waals surface area contributed by atoms with Crippen LogP contribution in [0.15, 0.2) is 29.2 Å². The summed E-state index contributed by atoms with van der Waals surface area (Å²) >= 11 is 7.01. The first kappa shape index (κ1) is 17.3. The second-order valence-electron chi connectivity index (χ2n) is 4.21. The summed E-state index contributed by atoms with van der Waals surface area (Å²) in [4.78, 5) is 34.2. The molecule has 114 valence electrons. The molecule has 0 radical (unpaired) electrons. The lowest BCUT2D eigenvalue weighted by molar-refractivity contribution is -0.141. The van der Waals surface area contributed by atoms with Crippen LogP contribution in [0, 0.1) is 0 Å². The number of hydrogen-bond donors (Lipinski definition) is 3. The lowest BCUT2D eigenvalue weighted by Crippen LogP contribution is -2.42. The molecule has 21 heavy (non-hydrogen) atoms. The third-order valence-corrected chi connectivity index (χ3v) is 3.76. The zero-order valence-corrected chi connectivity index (χ0v) is 12.6. The molecule has 0 unspecified atom stereocenters. The molecule has 0 saturated carbocycles. The van der Waals surface area contributed by atoms with Crippen LogP contribution >= 0.6 is 23.4 Å². The molecule has 0 aromatic heterocycles. The molecule has 0 spiro atoms. The smallest absolute Gasteiger partial charge is 0.326 e. The standard InChI is InChI=1S/C13H15ClN2O4S/c14-8-1-3-9(4-2-8)21-7-12(18)16-10(13(19)20)5-6-11(15)17/h1-4,10H,5-7H2,(H2,15,17)(H,16,18)(H,19,20)/t10-/m1/s1. The van der Waals surface area contributed by atoms with E-state index in [1.165, 1.54) is 11.8 Å². The molecule has 0 heterocycles. The summed E-state index contributed by atoms with van der Waals surface area (Å²) in [7, 11) is 0. The second-order valence-corrected chi connectivity index (χ2v) is 5.69. The molecule has 0 saturated heterocycles. The molecule has 8 heteroatoms. The number of benzene rings is 1. The molecule has 1 aromatic carbocycles. The number of carboxylic acid groups (broad SMARTS) is 1. The van der Waals surface area contributed by atoms with Gasteiger partial charge in [0.25, 0.3) is 0 Å². The molecule has 4 N–H and O–H groups in total. The van der Waals surface area contributed by atoms with Gasteiger partial charge < -0.3 is 16.2 Å². The number of halogens is 1. The van der Waals surface area contributed by atoms with E-state index in [-0.39, 0.29) is 18.6 Å². The molecule has 0 bridgehead atoms. The van der Waals surface area contributed by atoms with Gasteiger partial charge in [-0.2, -0.15) is 0 Å². The van der Waals surface area contributed by atoms with Gasteiger partial charge in [0, 0.05) is 16.3 Å². The maximum Gasteiger partial charge on any atom is 0.326 e. The molecule has 0 aliphatic carbocycles. The molecule has 1 rings (SSSR count). The fourth-order valence-corrected chi connectivity index (χ4v) is 2.30. The molecule has 0 fully saturated rings. The van der Waals surface area contributed by atoms with Crippen molar-refractivity contribution in [1.82, 2.24) is 5.32 Å². The summed E-state index contributed by atoms with van der Waals surface area (Å²) in [6, 6.07) is 5.82. The Morgan fingerprint density at radius 2 is 1.90 bits per heavy atom. The van der Waals surface area contributed by atoms with Crippen LogP contribution in [0.3, 0.4) is 0 Å². The van der Waals surface area contributed by atoms with E-state index in [0.29, 0.717) is 5.02 Å². The normalized spacial score (nSPS) is 11.7. The highest BCUT2D eigenvalue weighted by Crippen LogP contribution is 2.20. The number of amides is 2. The number of nitrogens with one attached hydrogen (secondary N) is 1. The highest BCUT2D eigenvalue weighted by Gasteiger charge is 2.20. The van der Waals surface area contributed by atoms with Crippen LogP contribution in [0.1, 0.15) is 12.8 Å². The van der Waals surface area contributed by atoms with Crippen molar-refractivity contribution in [2.75, 3.05) is 5.75 Å². The van der Waals surface area contributed by atoms with Crippen LogP contribution in [-0.4, -0.2) is 34.7 Å². The van der Waals surface area contributed by atoms with E-state index in [4.69, 9.17) is 22.4 Å². The predicted molar refractivity (Wildman–Crippen MR) is 80.2 cm³/mol. The molecule has 1 aromatic rings. The number of carboxylic acids is 1. The Morgan fingerprint density at radius 3 is 2.43 bits per heavy atom. The van der Waals surface area contributed by atoms with Gasteiger partial charge in [0.1, 0.15) is 6.04 Å². The lowest BCUT2D eigenvalue weighted by Gasteiger charge is -2.13. The molecule has 0 aliphatic rings. The van der Waals surface area contributed by atoms with Crippen molar-refractivity contribution in [2.45, 2.75) is 23.8 Å². The number of carbonyl (C=O) groups is 3. The second kappa shape index (κ2) is 8.53. The van der Waals surface area contributed by atoms with Crippen molar-refractivity contribution in [3.8, 4) is 0 Å². The average molecular weight is 331 g/mol. The molecular formula is C13H15ClN2O4S. The Hall–Kier alpha value is -1.73. The van der Waals surface area contributed by atoms with Crippen LogP contribution in [0.5, 0.6) is 0 Å². The number of carbonyl (C=O) groups excluding carboxylic acids is 2. The third kappa shape index (κ3) is 7.01. The lowest BCUT2D eigenvalue weighted by atomic mass is 10.1. The molecule has 2 amide bonds. The van der Waals surface area contributed by atoms with Gasteiger partial charge >= 0.3 is 5.97 Å². The third-order valence-electron chi connectivity index (χ3n) is 2.50. The van der Waals surface area contributed by atoms with Crippen LogP contribution in [0.2, 0.25) is 5.02 Å². The monoisotopic (exact) mass is 330 g/mol. The molecule has 1 atom stereocenters. The first-order chi connectivity index (χ1) is 9.88. The number of nitrogens with two attached hydrogens (primary N) is 1. The van der Waals surface area contributed by atoms with Crippen molar-refractivity contribution < 1.29 is 19.5 Å². The van der Waals surface area contributed by atoms with E-state index in [9.17, 15) is 14.4 Å². The minimum Gasteiger partial charge on any atom is -0.480 e. The minimum absolute atomic E-state index is 0.0258. The number of aliphatic carboxylic acids is 1. The number of rotatable bonds is 8. The van der Waals surface area contributed by atoms with E-state index in [1.807, 2.05) is 0 Å². The summed E-state index contributed by atoms with van der Waals surface area (Å²) in [5, 5.41) is 11.9. The summed E-state index contributed by atoms with van der Waals surface area (Å²) < 4.78 is 0. The van der Waals surface area contributed by atoms with Gasteiger partial charge in [0.15, 0.2) is 0 Å². The highest BCUT2D eigenvalue weighted by molar-refractivity contribution is 8.00. The van der Waals surface area contributed by atoms with E-state index in [2.05, 4.69) is 5.32 Å². The number of hydrogen-bond acceptors (Lipinski definition) is 4. The van der Waals surface area contributed by atoms with E-state index in [1.54, 1.807) is 24.3 Å². The summed E-state index contributed by atoms with van der Waals surface area (Å²) in [5.74, 6) is -2.15. The van der Waals surface area contributed by atoms with Crippen molar-refractivity contribution in [3.05, 3.63) is 29.3 Å². The Morgan fingerprint density at radius 1 is 1.29 bits per heavy atom. The SMILES string of the molecule is NC(=O)CC[C@@H](NC(=O)CSc1ccc(Cl)cc1)C(=O)O. The van der Waals surface area contributed by atoms with Crippen LogP contribution < -0.4 is 11.1 Å². The van der Waals surface area contributed by atoms with Gasteiger partial charge in [0.2, 0.25) is 11.8 Å². The van der Waals surface area contributed by atoms with Crippen LogP contribution in [0.25, 0.3) is 0 Å². The Labute approximate surface area is 131 Å². The van der Waals surface area contributed by atoms with Crippen molar-refractivity contribution in [2.24, 2.45) is 5.73 Å². The quantitative estimate of drug-likeness (QED) is 0.622. The fourth-order valence-electron chi connectivity index (χ4n) is 1.46. The summed E-state index contributed by atoms with van der Waals surface area (Å²) in [6.07, 6.45) is -0.121. The Balaban J connectivity index is 2.44. The Kier molecular flexibility index (Phi) is 7.04. The fraction of sp³-hybridized carbons (Fsp3) is 0.308.